The molecule has 3 heteroatoms. The lowest BCUT2D eigenvalue weighted by atomic mass is 9.93. The van der Waals surface area contributed by atoms with E-state index in [1.54, 1.807) is 11.3 Å². The van der Waals surface area contributed by atoms with E-state index >= 15 is 0 Å². The second-order valence-electron chi connectivity index (χ2n) is 4.73. The summed E-state index contributed by atoms with van der Waals surface area (Å²) in [4.78, 5) is 0. The van der Waals surface area contributed by atoms with E-state index in [2.05, 4.69) is 41.2 Å². The molecule has 1 atom stereocenters. The Hall–Kier alpha value is -0.830. The van der Waals surface area contributed by atoms with Crippen LogP contribution in [-0.2, 0) is 6.42 Å². The lowest BCUT2D eigenvalue weighted by molar-refractivity contribution is 0.562. The van der Waals surface area contributed by atoms with Gasteiger partial charge in [0.2, 0.25) is 0 Å². The van der Waals surface area contributed by atoms with Crippen LogP contribution < -0.4 is 5.32 Å². The van der Waals surface area contributed by atoms with Crippen molar-refractivity contribution in [3.05, 3.63) is 57.2 Å². The molecular weight excluding hydrogens is 274 g/mol. The van der Waals surface area contributed by atoms with Gasteiger partial charge in [-0.1, -0.05) is 30.7 Å². The van der Waals surface area contributed by atoms with E-state index in [0.717, 1.165) is 31.0 Å². The summed E-state index contributed by atoms with van der Waals surface area (Å²) in [6.45, 7) is 4.17. The van der Waals surface area contributed by atoms with Gasteiger partial charge in [0.25, 0.3) is 0 Å². The van der Waals surface area contributed by atoms with Gasteiger partial charge in [-0.15, -0.1) is 0 Å². The van der Waals surface area contributed by atoms with Crippen LogP contribution in [0.3, 0.4) is 0 Å². The van der Waals surface area contributed by atoms with Crippen LogP contribution >= 0.6 is 22.9 Å². The summed E-state index contributed by atoms with van der Waals surface area (Å²) in [6, 6.07) is 10.5. The lowest BCUT2D eigenvalue weighted by Crippen LogP contribution is -2.21. The first kappa shape index (κ1) is 14.6. The molecule has 0 amide bonds. The lowest BCUT2D eigenvalue weighted by Gasteiger charge is -2.18. The normalized spacial score (nSPS) is 12.5. The van der Waals surface area contributed by atoms with Gasteiger partial charge in [-0.2, -0.15) is 11.3 Å². The van der Waals surface area contributed by atoms with Crippen molar-refractivity contribution in [3.8, 4) is 0 Å². The summed E-state index contributed by atoms with van der Waals surface area (Å²) in [5.74, 6) is 0.526. The number of aryl methyl sites for hydroxylation is 1. The third kappa shape index (κ3) is 4.64. The topological polar surface area (TPSA) is 12.0 Å². The smallest absolute Gasteiger partial charge is 0.0408 e. The number of rotatable bonds is 7. The molecule has 0 spiro atoms. The fourth-order valence-corrected chi connectivity index (χ4v) is 3.14. The Kier molecular flexibility index (Phi) is 5.90. The quantitative estimate of drug-likeness (QED) is 0.778. The molecule has 1 nitrogen and oxygen atoms in total. The Labute approximate surface area is 124 Å². The largest absolute Gasteiger partial charge is 0.316 e. The minimum Gasteiger partial charge on any atom is -0.316 e. The second-order valence-corrected chi connectivity index (χ2v) is 5.95. The molecule has 19 heavy (non-hydrogen) atoms. The van der Waals surface area contributed by atoms with Crippen LogP contribution in [0.2, 0.25) is 5.02 Å². The fourth-order valence-electron chi connectivity index (χ4n) is 2.24. The average Bonchev–Trinajstić information content (AvgIpc) is 2.92. The van der Waals surface area contributed by atoms with Crippen molar-refractivity contribution in [2.45, 2.75) is 25.7 Å². The minimum absolute atomic E-state index is 0.526. The molecule has 0 aliphatic carbocycles. The van der Waals surface area contributed by atoms with E-state index in [1.165, 1.54) is 11.1 Å². The van der Waals surface area contributed by atoms with Gasteiger partial charge < -0.3 is 5.32 Å². The van der Waals surface area contributed by atoms with Crippen molar-refractivity contribution in [1.82, 2.24) is 5.32 Å². The molecule has 1 aromatic carbocycles. The van der Waals surface area contributed by atoms with Gasteiger partial charge in [0.05, 0.1) is 0 Å². The number of halogens is 1. The van der Waals surface area contributed by atoms with Gasteiger partial charge in [0.1, 0.15) is 0 Å². The Bertz CT molecular complexity index is 481. The molecule has 102 valence electrons. The molecule has 0 aliphatic rings. The molecule has 0 aliphatic heterocycles. The van der Waals surface area contributed by atoms with E-state index in [1.807, 2.05) is 12.1 Å². The van der Waals surface area contributed by atoms with E-state index in [9.17, 15) is 0 Å². The van der Waals surface area contributed by atoms with Crippen LogP contribution in [0.5, 0.6) is 0 Å². The average molecular weight is 294 g/mol. The molecule has 1 N–H and O–H groups in total. The summed E-state index contributed by atoms with van der Waals surface area (Å²) in [6.07, 6.45) is 2.29. The zero-order valence-electron chi connectivity index (χ0n) is 11.2. The van der Waals surface area contributed by atoms with Crippen molar-refractivity contribution in [3.63, 3.8) is 0 Å². The monoisotopic (exact) mass is 293 g/mol. The first-order valence-corrected chi connectivity index (χ1v) is 8.09. The number of benzene rings is 1. The number of hydrogen-bond donors (Lipinski definition) is 1. The van der Waals surface area contributed by atoms with Gasteiger partial charge in [-0.3, -0.25) is 0 Å². The zero-order valence-corrected chi connectivity index (χ0v) is 12.8. The third-order valence-electron chi connectivity index (χ3n) is 3.32. The van der Waals surface area contributed by atoms with Gasteiger partial charge in [0, 0.05) is 11.6 Å². The summed E-state index contributed by atoms with van der Waals surface area (Å²) in [5.41, 5.74) is 2.78. The molecule has 1 unspecified atom stereocenters. The van der Waals surface area contributed by atoms with Gasteiger partial charge in [-0.05, 0) is 65.4 Å². The summed E-state index contributed by atoms with van der Waals surface area (Å²) in [7, 11) is 0. The highest BCUT2D eigenvalue weighted by atomic mass is 35.5. The molecule has 0 radical (unpaired) electrons. The van der Waals surface area contributed by atoms with Crippen LogP contribution in [0, 0.1) is 0 Å². The number of likely N-dealkylation sites (N-methyl/N-ethyl adjacent to an activating group) is 1. The van der Waals surface area contributed by atoms with Crippen molar-refractivity contribution in [2.24, 2.45) is 0 Å². The summed E-state index contributed by atoms with van der Waals surface area (Å²) >= 11 is 7.87. The van der Waals surface area contributed by atoms with Crippen molar-refractivity contribution in [1.29, 1.82) is 0 Å². The molecule has 1 heterocycles. The first-order valence-electron chi connectivity index (χ1n) is 6.77. The number of thiophene rings is 1. The molecular formula is C16H20ClNS. The van der Waals surface area contributed by atoms with E-state index in [4.69, 9.17) is 11.6 Å². The first-order chi connectivity index (χ1) is 9.29. The maximum absolute atomic E-state index is 6.10. The Morgan fingerprint density at radius 3 is 2.89 bits per heavy atom. The van der Waals surface area contributed by atoms with E-state index in [-0.39, 0.29) is 0 Å². The summed E-state index contributed by atoms with van der Waals surface area (Å²) in [5, 5.41) is 8.67. The van der Waals surface area contributed by atoms with E-state index < -0.39 is 0 Å². The Balaban J connectivity index is 2.02. The highest BCUT2D eigenvalue weighted by Crippen LogP contribution is 2.24. The van der Waals surface area contributed by atoms with E-state index in [0.29, 0.717) is 5.92 Å². The van der Waals surface area contributed by atoms with Crippen molar-refractivity contribution < 1.29 is 0 Å². The third-order valence-corrected chi connectivity index (χ3v) is 4.29. The van der Waals surface area contributed by atoms with Gasteiger partial charge in [-0.25, -0.2) is 0 Å². The predicted octanol–water partition coefficient (Wildman–Crippen LogP) is 4.73. The minimum atomic E-state index is 0.526. The molecule has 2 rings (SSSR count). The standard InChI is InChI=1S/C16H20ClNS/c1-2-18-11-15(7-6-13-8-9-19-12-13)14-4-3-5-16(17)10-14/h3-5,8-10,12,15,18H,2,6-7,11H2,1H3. The van der Waals surface area contributed by atoms with Gasteiger partial charge >= 0.3 is 0 Å². The van der Waals surface area contributed by atoms with Crippen LogP contribution in [-0.4, -0.2) is 13.1 Å². The molecule has 0 saturated carbocycles. The maximum Gasteiger partial charge on any atom is 0.0408 e. The maximum atomic E-state index is 6.10. The van der Waals surface area contributed by atoms with Crippen molar-refractivity contribution >= 4 is 22.9 Å². The number of nitrogens with one attached hydrogen (secondary N) is 1. The second kappa shape index (κ2) is 7.68. The van der Waals surface area contributed by atoms with Crippen LogP contribution in [0.4, 0.5) is 0 Å². The van der Waals surface area contributed by atoms with Crippen molar-refractivity contribution in [2.75, 3.05) is 13.1 Å². The fraction of sp³-hybridized carbons (Fsp3) is 0.375. The molecule has 1 aromatic heterocycles. The highest BCUT2D eigenvalue weighted by molar-refractivity contribution is 7.07. The zero-order chi connectivity index (χ0) is 13.5. The van der Waals surface area contributed by atoms with Crippen LogP contribution in [0.25, 0.3) is 0 Å². The molecule has 0 saturated heterocycles. The molecule has 0 fully saturated rings. The Morgan fingerprint density at radius 1 is 1.32 bits per heavy atom. The predicted molar refractivity (Wildman–Crippen MR) is 85.4 cm³/mol. The SMILES string of the molecule is CCNCC(CCc1ccsc1)c1cccc(Cl)c1. The summed E-state index contributed by atoms with van der Waals surface area (Å²) < 4.78 is 0. The number of hydrogen-bond acceptors (Lipinski definition) is 2. The highest BCUT2D eigenvalue weighted by Gasteiger charge is 2.11. The van der Waals surface area contributed by atoms with Gasteiger partial charge in [0.15, 0.2) is 0 Å². The van der Waals surface area contributed by atoms with Crippen LogP contribution in [0.1, 0.15) is 30.4 Å². The van der Waals surface area contributed by atoms with Crippen LogP contribution in [0.15, 0.2) is 41.1 Å². The Morgan fingerprint density at radius 2 is 2.21 bits per heavy atom. The molecule has 2 aromatic rings. The molecule has 0 bridgehead atoms.